The molecular formula is C13H14ClNO. The highest BCUT2D eigenvalue weighted by atomic mass is 35.5. The van der Waals surface area contributed by atoms with Crippen molar-refractivity contribution < 1.29 is 4.79 Å². The average Bonchev–Trinajstić information content (AvgIpc) is 3.01. The molecule has 1 amide bonds. The molecule has 1 aromatic rings. The summed E-state index contributed by atoms with van der Waals surface area (Å²) in [4.78, 5) is 11.6. The van der Waals surface area contributed by atoms with Gasteiger partial charge < -0.3 is 5.32 Å². The Kier molecular flexibility index (Phi) is 3.30. The van der Waals surface area contributed by atoms with E-state index < -0.39 is 0 Å². The van der Waals surface area contributed by atoms with Crippen LogP contribution in [0.3, 0.4) is 0 Å². The summed E-state index contributed by atoms with van der Waals surface area (Å²) in [6.45, 7) is 1.90. The smallest absolute Gasteiger partial charge is 0.244 e. The number of carbonyl (C=O) groups is 1. The summed E-state index contributed by atoms with van der Waals surface area (Å²) in [6, 6.07) is 7.93. The van der Waals surface area contributed by atoms with Crippen molar-refractivity contribution in [1.29, 1.82) is 0 Å². The molecule has 2 rings (SSSR count). The molecule has 0 spiro atoms. The molecule has 1 saturated carbocycles. The standard InChI is InChI=1S/C13H14ClNO/c1-9(8-13(16)15-10-6-7-10)11-4-2-3-5-12(11)14/h2-5,8,10H,6-7H2,1H3,(H,15,16)/b9-8+. The van der Waals surface area contributed by atoms with Crippen LogP contribution < -0.4 is 5.32 Å². The molecule has 0 bridgehead atoms. The maximum absolute atomic E-state index is 11.6. The van der Waals surface area contributed by atoms with Gasteiger partial charge in [0.1, 0.15) is 0 Å². The normalized spacial score (nSPS) is 16.0. The quantitative estimate of drug-likeness (QED) is 0.802. The lowest BCUT2D eigenvalue weighted by molar-refractivity contribution is -0.116. The molecule has 84 valence electrons. The Morgan fingerprint density at radius 1 is 1.44 bits per heavy atom. The first-order chi connectivity index (χ1) is 7.66. The molecule has 16 heavy (non-hydrogen) atoms. The second kappa shape index (κ2) is 4.71. The van der Waals surface area contributed by atoms with E-state index in [4.69, 9.17) is 11.6 Å². The van der Waals surface area contributed by atoms with Gasteiger partial charge >= 0.3 is 0 Å². The van der Waals surface area contributed by atoms with Crippen molar-refractivity contribution in [3.63, 3.8) is 0 Å². The highest BCUT2D eigenvalue weighted by Crippen LogP contribution is 2.23. The van der Waals surface area contributed by atoms with Gasteiger partial charge in [0.25, 0.3) is 0 Å². The van der Waals surface area contributed by atoms with Gasteiger partial charge in [0.15, 0.2) is 0 Å². The third-order valence-electron chi connectivity index (χ3n) is 2.57. The molecule has 1 aromatic carbocycles. The van der Waals surface area contributed by atoms with Crippen LogP contribution >= 0.6 is 11.6 Å². The predicted molar refractivity (Wildman–Crippen MR) is 66.3 cm³/mol. The van der Waals surface area contributed by atoms with Crippen LogP contribution in [0.1, 0.15) is 25.3 Å². The molecule has 1 aliphatic carbocycles. The number of benzene rings is 1. The van der Waals surface area contributed by atoms with Gasteiger partial charge in [-0.1, -0.05) is 29.8 Å². The zero-order chi connectivity index (χ0) is 11.5. The number of hydrogen-bond acceptors (Lipinski definition) is 1. The number of nitrogens with one attached hydrogen (secondary N) is 1. The second-order valence-electron chi connectivity index (χ2n) is 4.09. The van der Waals surface area contributed by atoms with Gasteiger partial charge in [-0.2, -0.15) is 0 Å². The van der Waals surface area contributed by atoms with Crippen LogP contribution in [0.5, 0.6) is 0 Å². The van der Waals surface area contributed by atoms with Gasteiger partial charge in [0.2, 0.25) is 5.91 Å². The molecule has 1 fully saturated rings. The zero-order valence-corrected chi connectivity index (χ0v) is 9.92. The summed E-state index contributed by atoms with van der Waals surface area (Å²) in [5.41, 5.74) is 1.80. The van der Waals surface area contributed by atoms with Crippen molar-refractivity contribution in [2.75, 3.05) is 0 Å². The monoisotopic (exact) mass is 235 g/mol. The third kappa shape index (κ3) is 2.86. The van der Waals surface area contributed by atoms with Crippen LogP contribution in [0.2, 0.25) is 5.02 Å². The van der Waals surface area contributed by atoms with Crippen LogP contribution in [0, 0.1) is 0 Å². The number of hydrogen-bond donors (Lipinski definition) is 1. The van der Waals surface area contributed by atoms with Crippen molar-refractivity contribution in [3.05, 3.63) is 40.9 Å². The average molecular weight is 236 g/mol. The Balaban J connectivity index is 2.10. The molecule has 0 heterocycles. The topological polar surface area (TPSA) is 29.1 Å². The highest BCUT2D eigenvalue weighted by Gasteiger charge is 2.22. The number of allylic oxidation sites excluding steroid dienone is 1. The van der Waals surface area contributed by atoms with E-state index in [1.54, 1.807) is 6.08 Å². The lowest BCUT2D eigenvalue weighted by atomic mass is 10.1. The second-order valence-corrected chi connectivity index (χ2v) is 4.50. The molecule has 2 nitrogen and oxygen atoms in total. The summed E-state index contributed by atoms with van der Waals surface area (Å²) in [5, 5.41) is 3.59. The summed E-state index contributed by atoms with van der Waals surface area (Å²) >= 11 is 6.05. The first-order valence-electron chi connectivity index (χ1n) is 5.40. The van der Waals surface area contributed by atoms with E-state index in [-0.39, 0.29) is 5.91 Å². The van der Waals surface area contributed by atoms with Gasteiger partial charge in [0.05, 0.1) is 0 Å². The fourth-order valence-electron chi connectivity index (χ4n) is 1.53. The van der Waals surface area contributed by atoms with Gasteiger partial charge in [-0.25, -0.2) is 0 Å². The Morgan fingerprint density at radius 3 is 2.75 bits per heavy atom. The van der Waals surface area contributed by atoms with Crippen LogP contribution in [0.4, 0.5) is 0 Å². The van der Waals surface area contributed by atoms with Crippen LogP contribution in [-0.4, -0.2) is 11.9 Å². The number of halogens is 1. The Morgan fingerprint density at radius 2 is 2.12 bits per heavy atom. The van der Waals surface area contributed by atoms with Crippen molar-refractivity contribution in [2.24, 2.45) is 0 Å². The molecule has 0 aromatic heterocycles. The molecule has 0 radical (unpaired) electrons. The minimum atomic E-state index is -0.0279. The lowest BCUT2D eigenvalue weighted by Crippen LogP contribution is -2.23. The van der Waals surface area contributed by atoms with E-state index in [1.165, 1.54) is 0 Å². The molecule has 0 aliphatic heterocycles. The van der Waals surface area contributed by atoms with E-state index in [0.29, 0.717) is 11.1 Å². The van der Waals surface area contributed by atoms with Gasteiger partial charge in [-0.15, -0.1) is 0 Å². The summed E-state index contributed by atoms with van der Waals surface area (Å²) < 4.78 is 0. The Labute approximate surface area is 100 Å². The molecule has 0 unspecified atom stereocenters. The van der Waals surface area contributed by atoms with E-state index in [0.717, 1.165) is 24.0 Å². The fraction of sp³-hybridized carbons (Fsp3) is 0.308. The van der Waals surface area contributed by atoms with Crippen molar-refractivity contribution >= 4 is 23.1 Å². The van der Waals surface area contributed by atoms with Crippen LogP contribution in [0.15, 0.2) is 30.3 Å². The zero-order valence-electron chi connectivity index (χ0n) is 9.16. The summed E-state index contributed by atoms with van der Waals surface area (Å²) in [6.07, 6.45) is 3.81. The molecule has 3 heteroatoms. The summed E-state index contributed by atoms with van der Waals surface area (Å²) in [7, 11) is 0. The minimum absolute atomic E-state index is 0.0279. The molecule has 1 aliphatic rings. The van der Waals surface area contributed by atoms with Crippen LogP contribution in [0.25, 0.3) is 5.57 Å². The Bertz CT molecular complexity index is 435. The van der Waals surface area contributed by atoms with E-state index in [1.807, 2.05) is 31.2 Å². The Hall–Kier alpha value is -1.28. The number of rotatable bonds is 3. The number of amides is 1. The first-order valence-corrected chi connectivity index (χ1v) is 5.78. The molecular weight excluding hydrogens is 222 g/mol. The predicted octanol–water partition coefficient (Wildman–Crippen LogP) is 3.02. The molecule has 0 saturated heterocycles. The van der Waals surface area contributed by atoms with E-state index in [9.17, 15) is 4.79 Å². The van der Waals surface area contributed by atoms with Gasteiger partial charge in [-0.05, 0) is 37.0 Å². The SMILES string of the molecule is C/C(=C\C(=O)NC1CC1)c1ccccc1Cl. The maximum Gasteiger partial charge on any atom is 0.244 e. The van der Waals surface area contributed by atoms with Crippen LogP contribution in [-0.2, 0) is 4.79 Å². The van der Waals surface area contributed by atoms with Gasteiger partial charge in [0, 0.05) is 17.1 Å². The third-order valence-corrected chi connectivity index (χ3v) is 2.90. The van der Waals surface area contributed by atoms with Crippen molar-refractivity contribution in [3.8, 4) is 0 Å². The minimum Gasteiger partial charge on any atom is -0.350 e. The van der Waals surface area contributed by atoms with E-state index in [2.05, 4.69) is 5.32 Å². The molecule has 1 N–H and O–H groups in total. The largest absolute Gasteiger partial charge is 0.350 e. The van der Waals surface area contributed by atoms with Crippen molar-refractivity contribution in [1.82, 2.24) is 5.32 Å². The number of carbonyl (C=O) groups excluding carboxylic acids is 1. The summed E-state index contributed by atoms with van der Waals surface area (Å²) in [5.74, 6) is -0.0279. The van der Waals surface area contributed by atoms with Gasteiger partial charge in [-0.3, -0.25) is 4.79 Å². The highest BCUT2D eigenvalue weighted by molar-refractivity contribution is 6.32. The molecule has 0 atom stereocenters. The lowest BCUT2D eigenvalue weighted by Gasteiger charge is -2.04. The maximum atomic E-state index is 11.6. The van der Waals surface area contributed by atoms with Crippen molar-refractivity contribution in [2.45, 2.75) is 25.8 Å². The van der Waals surface area contributed by atoms with E-state index >= 15 is 0 Å². The fourth-order valence-corrected chi connectivity index (χ4v) is 1.81. The first kappa shape index (κ1) is 11.2.